The summed E-state index contributed by atoms with van der Waals surface area (Å²) in [6, 6.07) is 9.63. The van der Waals surface area contributed by atoms with Crippen LogP contribution in [0.4, 0.5) is 0 Å². The Kier molecular flexibility index (Phi) is 3.05. The lowest BCUT2D eigenvalue weighted by Crippen LogP contribution is -2.23. The zero-order valence-corrected chi connectivity index (χ0v) is 8.71. The first-order valence-electron chi connectivity index (χ1n) is 5.23. The Morgan fingerprint density at radius 2 is 1.93 bits per heavy atom. The number of aliphatic hydroxyl groups is 2. The smallest absolute Gasteiger partial charge is 0.109 e. The highest BCUT2D eigenvalue weighted by Gasteiger charge is 2.40. The maximum Gasteiger partial charge on any atom is 0.109 e. The molecule has 0 amide bonds. The van der Waals surface area contributed by atoms with Crippen molar-refractivity contribution in [1.29, 1.82) is 0 Å². The van der Waals surface area contributed by atoms with E-state index in [0.717, 1.165) is 5.56 Å². The number of benzene rings is 1. The van der Waals surface area contributed by atoms with Crippen LogP contribution in [-0.2, 0) is 4.74 Å². The second-order valence-electron chi connectivity index (χ2n) is 4.04. The summed E-state index contributed by atoms with van der Waals surface area (Å²) in [5.74, 6) is -0.0276. The lowest BCUT2D eigenvalue weighted by Gasteiger charge is -2.15. The van der Waals surface area contributed by atoms with E-state index in [9.17, 15) is 5.11 Å². The molecule has 0 aliphatic carbocycles. The number of hydrogen-bond acceptors (Lipinski definition) is 3. The maximum absolute atomic E-state index is 9.98. The summed E-state index contributed by atoms with van der Waals surface area (Å²) in [5, 5.41) is 19.1. The van der Waals surface area contributed by atoms with Gasteiger partial charge in [-0.15, -0.1) is 0 Å². The van der Waals surface area contributed by atoms with Gasteiger partial charge in [0.25, 0.3) is 0 Å². The molecule has 1 aliphatic rings. The zero-order valence-electron chi connectivity index (χ0n) is 8.71. The van der Waals surface area contributed by atoms with Gasteiger partial charge >= 0.3 is 0 Å². The van der Waals surface area contributed by atoms with Gasteiger partial charge in [0.05, 0.1) is 18.8 Å². The summed E-state index contributed by atoms with van der Waals surface area (Å²) in [4.78, 5) is 0. The highest BCUT2D eigenvalue weighted by atomic mass is 16.5. The van der Waals surface area contributed by atoms with Gasteiger partial charge in [-0.05, 0) is 5.56 Å². The summed E-state index contributed by atoms with van der Waals surface area (Å²) in [5.41, 5.74) is 0.966. The first kappa shape index (κ1) is 10.6. The largest absolute Gasteiger partial charge is 0.394 e. The van der Waals surface area contributed by atoms with E-state index in [4.69, 9.17) is 9.84 Å². The van der Waals surface area contributed by atoms with E-state index in [-0.39, 0.29) is 24.7 Å². The predicted octanol–water partition coefficient (Wildman–Crippen LogP) is 1.12. The molecule has 0 saturated carbocycles. The lowest BCUT2D eigenvalue weighted by atomic mass is 9.95. The van der Waals surface area contributed by atoms with Crippen LogP contribution in [0.3, 0.4) is 0 Å². The lowest BCUT2D eigenvalue weighted by molar-refractivity contribution is -0.0124. The molecule has 1 aromatic rings. The molecule has 1 aliphatic heterocycles. The summed E-state index contributed by atoms with van der Waals surface area (Å²) < 4.78 is 5.62. The molecule has 0 spiro atoms. The van der Waals surface area contributed by atoms with Gasteiger partial charge in [0, 0.05) is 5.92 Å². The fraction of sp³-hybridized carbons (Fsp3) is 0.500. The van der Waals surface area contributed by atoms with Crippen molar-refractivity contribution in [3.05, 3.63) is 35.9 Å². The predicted molar refractivity (Wildman–Crippen MR) is 56.3 cm³/mol. The average molecular weight is 208 g/mol. The van der Waals surface area contributed by atoms with Gasteiger partial charge in [0.2, 0.25) is 0 Å². The van der Waals surface area contributed by atoms with Crippen LogP contribution in [0.1, 0.15) is 18.6 Å². The van der Waals surface area contributed by atoms with Crippen molar-refractivity contribution in [3.8, 4) is 0 Å². The van der Waals surface area contributed by atoms with Gasteiger partial charge in [-0.3, -0.25) is 0 Å². The van der Waals surface area contributed by atoms with Gasteiger partial charge in [-0.1, -0.05) is 37.3 Å². The molecule has 82 valence electrons. The van der Waals surface area contributed by atoms with Gasteiger partial charge in [-0.25, -0.2) is 0 Å². The minimum absolute atomic E-state index is 0.0276. The van der Waals surface area contributed by atoms with Gasteiger partial charge in [0.1, 0.15) is 6.10 Å². The Hall–Kier alpha value is -0.900. The topological polar surface area (TPSA) is 49.7 Å². The molecule has 1 heterocycles. The summed E-state index contributed by atoms with van der Waals surface area (Å²) in [6.45, 7) is 1.86. The molecule has 2 N–H and O–H groups in total. The minimum Gasteiger partial charge on any atom is -0.394 e. The molecule has 1 saturated heterocycles. The van der Waals surface area contributed by atoms with E-state index >= 15 is 0 Å². The third-order valence-electron chi connectivity index (χ3n) is 3.06. The molecule has 0 aromatic heterocycles. The van der Waals surface area contributed by atoms with Crippen molar-refractivity contribution in [2.24, 2.45) is 5.92 Å². The first-order valence-corrected chi connectivity index (χ1v) is 5.23. The monoisotopic (exact) mass is 208 g/mol. The van der Waals surface area contributed by atoms with Crippen LogP contribution in [0.5, 0.6) is 0 Å². The Balaban J connectivity index is 2.19. The van der Waals surface area contributed by atoms with E-state index < -0.39 is 6.10 Å². The zero-order chi connectivity index (χ0) is 10.8. The fourth-order valence-corrected chi connectivity index (χ4v) is 2.02. The Morgan fingerprint density at radius 1 is 1.27 bits per heavy atom. The van der Waals surface area contributed by atoms with Crippen molar-refractivity contribution < 1.29 is 14.9 Å². The van der Waals surface area contributed by atoms with Gasteiger partial charge in [-0.2, -0.15) is 0 Å². The standard InChI is InChI=1S/C12H16O3/c1-8-10(7-13)15-12(11(8)14)9-5-3-2-4-6-9/h2-6,8,10-14H,7H2,1H3/t8-,10-,11+,12-/m0/s1. The highest BCUT2D eigenvalue weighted by Crippen LogP contribution is 2.36. The normalized spacial score (nSPS) is 35.7. The molecule has 2 rings (SSSR count). The van der Waals surface area contributed by atoms with Crippen LogP contribution >= 0.6 is 0 Å². The third-order valence-corrected chi connectivity index (χ3v) is 3.06. The number of aliphatic hydroxyl groups excluding tert-OH is 2. The molecule has 3 nitrogen and oxygen atoms in total. The van der Waals surface area contributed by atoms with Crippen LogP contribution in [0.2, 0.25) is 0 Å². The Bertz CT molecular complexity index is 312. The van der Waals surface area contributed by atoms with Crippen molar-refractivity contribution in [3.63, 3.8) is 0 Å². The highest BCUT2D eigenvalue weighted by molar-refractivity contribution is 5.20. The minimum atomic E-state index is -0.537. The number of hydrogen-bond donors (Lipinski definition) is 2. The van der Waals surface area contributed by atoms with Crippen molar-refractivity contribution >= 4 is 0 Å². The molecule has 1 fully saturated rings. The second-order valence-corrected chi connectivity index (χ2v) is 4.04. The molecular formula is C12H16O3. The first-order chi connectivity index (χ1) is 7.24. The van der Waals surface area contributed by atoms with Gasteiger partial charge < -0.3 is 14.9 Å². The SMILES string of the molecule is C[C@@H]1[C@@H](O)[C@H](c2ccccc2)O[C@H]1CO. The Labute approximate surface area is 89.3 Å². The molecule has 4 atom stereocenters. The average Bonchev–Trinajstić information content (AvgIpc) is 2.57. The maximum atomic E-state index is 9.98. The fourth-order valence-electron chi connectivity index (χ4n) is 2.02. The molecule has 0 radical (unpaired) electrons. The van der Waals surface area contributed by atoms with Crippen molar-refractivity contribution in [2.75, 3.05) is 6.61 Å². The van der Waals surface area contributed by atoms with Crippen LogP contribution in [0.15, 0.2) is 30.3 Å². The van der Waals surface area contributed by atoms with Crippen LogP contribution in [0.25, 0.3) is 0 Å². The molecule has 15 heavy (non-hydrogen) atoms. The van der Waals surface area contributed by atoms with Crippen LogP contribution in [-0.4, -0.2) is 29.0 Å². The van der Waals surface area contributed by atoms with Gasteiger partial charge in [0.15, 0.2) is 0 Å². The summed E-state index contributed by atoms with van der Waals surface area (Å²) >= 11 is 0. The summed E-state index contributed by atoms with van der Waals surface area (Å²) in [6.07, 6.45) is -1.10. The van der Waals surface area contributed by atoms with E-state index in [1.54, 1.807) is 0 Å². The number of ether oxygens (including phenoxy) is 1. The van der Waals surface area contributed by atoms with E-state index in [2.05, 4.69) is 0 Å². The summed E-state index contributed by atoms with van der Waals surface area (Å²) in [7, 11) is 0. The quantitative estimate of drug-likeness (QED) is 0.765. The molecule has 0 unspecified atom stereocenters. The molecule has 1 aromatic carbocycles. The Morgan fingerprint density at radius 3 is 2.47 bits per heavy atom. The molecular weight excluding hydrogens is 192 g/mol. The molecule has 0 bridgehead atoms. The van der Waals surface area contributed by atoms with E-state index in [1.165, 1.54) is 0 Å². The third kappa shape index (κ3) is 1.91. The van der Waals surface area contributed by atoms with E-state index in [0.29, 0.717) is 0 Å². The van der Waals surface area contributed by atoms with Crippen LogP contribution < -0.4 is 0 Å². The van der Waals surface area contributed by atoms with Crippen molar-refractivity contribution in [2.45, 2.75) is 25.2 Å². The van der Waals surface area contributed by atoms with Crippen LogP contribution in [0, 0.1) is 5.92 Å². The number of rotatable bonds is 2. The van der Waals surface area contributed by atoms with E-state index in [1.807, 2.05) is 37.3 Å². The molecule has 3 heteroatoms. The second kappa shape index (κ2) is 4.31. The van der Waals surface area contributed by atoms with Crippen molar-refractivity contribution in [1.82, 2.24) is 0 Å².